The number of carbonyl (C=O) groups is 2. The summed E-state index contributed by atoms with van der Waals surface area (Å²) in [5.74, 6) is -1.61. The molecule has 0 amide bonds. The Balaban J connectivity index is 1.91. The van der Waals surface area contributed by atoms with Crippen molar-refractivity contribution in [3.63, 3.8) is 0 Å². The zero-order chi connectivity index (χ0) is 23.1. The maximum Gasteiger partial charge on any atom is 0.387 e. The van der Waals surface area contributed by atoms with E-state index in [2.05, 4.69) is 15.0 Å². The molecule has 1 atom stereocenters. The lowest BCUT2D eigenvalue weighted by Crippen LogP contribution is -2.42. The smallest absolute Gasteiger partial charge is 0.387 e. The maximum atomic E-state index is 12.8. The van der Waals surface area contributed by atoms with Crippen molar-refractivity contribution in [1.82, 2.24) is 5.48 Å². The average molecular weight is 449 g/mol. The summed E-state index contributed by atoms with van der Waals surface area (Å²) in [6.45, 7) is -2.93. The van der Waals surface area contributed by atoms with Crippen molar-refractivity contribution in [2.75, 3.05) is 14.2 Å². The first-order valence-electron chi connectivity index (χ1n) is 9.45. The summed E-state index contributed by atoms with van der Waals surface area (Å²) in [6.07, 6.45) is 0.927. The van der Waals surface area contributed by atoms with Crippen molar-refractivity contribution >= 4 is 17.6 Å². The number of esters is 2. The Labute approximate surface area is 182 Å². The van der Waals surface area contributed by atoms with E-state index in [0.717, 1.165) is 12.7 Å². The van der Waals surface area contributed by atoms with Gasteiger partial charge in [-0.25, -0.2) is 4.79 Å². The Kier molecular flexibility index (Phi) is 7.26. The van der Waals surface area contributed by atoms with Crippen LogP contribution in [0.4, 0.5) is 8.78 Å². The summed E-state index contributed by atoms with van der Waals surface area (Å²) in [4.78, 5) is 29.5. The standard InChI is InChI=1S/C22H21F2NO7/c1-28-19(26)12-22(20(27)29-2)11-16(25-32-22)15-8-9-17(31-21(23)24)18(10-15)30-13-14-6-4-3-5-7-14/h3-11,21,25H,12-13H2,1-2H3. The number of alkyl halides is 2. The monoisotopic (exact) mass is 449 g/mol. The van der Waals surface area contributed by atoms with E-state index < -0.39 is 30.6 Å². The van der Waals surface area contributed by atoms with Gasteiger partial charge in [0, 0.05) is 5.56 Å². The molecule has 8 nitrogen and oxygen atoms in total. The molecule has 0 saturated heterocycles. The van der Waals surface area contributed by atoms with Crippen LogP contribution in [0, 0.1) is 0 Å². The zero-order valence-corrected chi connectivity index (χ0v) is 17.3. The molecule has 0 aromatic heterocycles. The van der Waals surface area contributed by atoms with Crippen LogP contribution in [0.2, 0.25) is 0 Å². The molecule has 170 valence electrons. The van der Waals surface area contributed by atoms with E-state index in [4.69, 9.17) is 14.3 Å². The van der Waals surface area contributed by atoms with E-state index in [1.807, 2.05) is 30.3 Å². The largest absolute Gasteiger partial charge is 0.485 e. The summed E-state index contributed by atoms with van der Waals surface area (Å²) in [5, 5.41) is 0. The number of nitrogens with one attached hydrogen (secondary N) is 1. The SMILES string of the molecule is COC(=O)CC1(C(=O)OC)C=C(c2ccc(OC(F)F)c(OCc3ccccc3)c2)NO1. The Hall–Kier alpha value is -3.66. The molecule has 2 aromatic rings. The minimum Gasteiger partial charge on any atom is -0.485 e. The molecule has 0 radical (unpaired) electrons. The number of benzene rings is 2. The highest BCUT2D eigenvalue weighted by Gasteiger charge is 2.46. The minimum atomic E-state index is -3.04. The summed E-state index contributed by atoms with van der Waals surface area (Å²) >= 11 is 0. The highest BCUT2D eigenvalue weighted by atomic mass is 19.3. The molecule has 2 aromatic carbocycles. The van der Waals surface area contributed by atoms with Gasteiger partial charge in [0.1, 0.15) is 6.61 Å². The molecule has 0 aliphatic carbocycles. The Morgan fingerprint density at radius 1 is 1.06 bits per heavy atom. The molecule has 1 heterocycles. The lowest BCUT2D eigenvalue weighted by Gasteiger charge is -2.20. The lowest BCUT2D eigenvalue weighted by molar-refractivity contribution is -0.172. The van der Waals surface area contributed by atoms with Gasteiger partial charge in [0.15, 0.2) is 11.5 Å². The van der Waals surface area contributed by atoms with Gasteiger partial charge in [0.05, 0.1) is 26.3 Å². The van der Waals surface area contributed by atoms with E-state index in [-0.39, 0.29) is 18.1 Å². The minimum absolute atomic E-state index is 0.0536. The van der Waals surface area contributed by atoms with Crippen molar-refractivity contribution in [3.8, 4) is 11.5 Å². The van der Waals surface area contributed by atoms with Gasteiger partial charge in [0.2, 0.25) is 5.60 Å². The zero-order valence-electron chi connectivity index (χ0n) is 17.3. The van der Waals surface area contributed by atoms with Crippen LogP contribution in [0.25, 0.3) is 5.70 Å². The van der Waals surface area contributed by atoms with Crippen LogP contribution in [-0.2, 0) is 30.5 Å². The van der Waals surface area contributed by atoms with Gasteiger partial charge in [-0.2, -0.15) is 8.78 Å². The molecule has 1 N–H and O–H groups in total. The number of hydrogen-bond acceptors (Lipinski definition) is 8. The fourth-order valence-corrected chi connectivity index (χ4v) is 3.02. The number of hydrogen-bond donors (Lipinski definition) is 1. The summed E-state index contributed by atoms with van der Waals surface area (Å²) < 4.78 is 45.3. The van der Waals surface area contributed by atoms with E-state index in [1.165, 1.54) is 31.4 Å². The van der Waals surface area contributed by atoms with Crippen LogP contribution in [0.15, 0.2) is 54.6 Å². The first-order chi connectivity index (χ1) is 15.4. The lowest BCUT2D eigenvalue weighted by atomic mass is 9.97. The highest BCUT2D eigenvalue weighted by Crippen LogP contribution is 2.36. The van der Waals surface area contributed by atoms with Crippen LogP contribution in [-0.4, -0.2) is 38.4 Å². The van der Waals surface area contributed by atoms with Crippen molar-refractivity contribution in [2.24, 2.45) is 0 Å². The quantitative estimate of drug-likeness (QED) is 0.584. The van der Waals surface area contributed by atoms with E-state index >= 15 is 0 Å². The molecule has 3 rings (SSSR count). The molecule has 1 aliphatic heterocycles. The predicted molar refractivity (Wildman–Crippen MR) is 107 cm³/mol. The maximum absolute atomic E-state index is 12.8. The number of ether oxygens (including phenoxy) is 4. The summed E-state index contributed by atoms with van der Waals surface area (Å²) in [6, 6.07) is 13.4. The number of halogens is 2. The third kappa shape index (κ3) is 5.33. The van der Waals surface area contributed by atoms with Gasteiger partial charge in [-0.1, -0.05) is 30.3 Å². The third-order valence-corrected chi connectivity index (χ3v) is 4.59. The third-order valence-electron chi connectivity index (χ3n) is 4.59. The fourth-order valence-electron chi connectivity index (χ4n) is 3.02. The number of hydroxylamine groups is 1. The number of rotatable bonds is 9. The Morgan fingerprint density at radius 2 is 1.81 bits per heavy atom. The fraction of sp³-hybridized carbons (Fsp3) is 0.273. The second kappa shape index (κ2) is 10.1. The second-order valence-corrected chi connectivity index (χ2v) is 6.71. The van der Waals surface area contributed by atoms with E-state index in [0.29, 0.717) is 11.3 Å². The topological polar surface area (TPSA) is 92.3 Å². The molecular weight excluding hydrogens is 428 g/mol. The van der Waals surface area contributed by atoms with Crippen LogP contribution in [0.5, 0.6) is 11.5 Å². The molecule has 0 spiro atoms. The number of carbonyl (C=O) groups excluding carboxylic acids is 2. The number of methoxy groups -OCH3 is 2. The summed E-state index contributed by atoms with van der Waals surface area (Å²) in [7, 11) is 2.33. The van der Waals surface area contributed by atoms with Gasteiger partial charge < -0.3 is 18.9 Å². The molecule has 10 heteroatoms. The molecule has 0 saturated carbocycles. The molecule has 0 fully saturated rings. The molecule has 0 bridgehead atoms. The van der Waals surface area contributed by atoms with Gasteiger partial charge in [-0.3, -0.25) is 15.1 Å². The normalized spacial score (nSPS) is 17.3. The average Bonchev–Trinajstić information content (AvgIpc) is 3.23. The van der Waals surface area contributed by atoms with Crippen LogP contribution < -0.4 is 15.0 Å². The predicted octanol–water partition coefficient (Wildman–Crippen LogP) is 3.22. The van der Waals surface area contributed by atoms with Gasteiger partial charge >= 0.3 is 18.6 Å². The van der Waals surface area contributed by atoms with Crippen LogP contribution in [0.1, 0.15) is 17.5 Å². The van der Waals surface area contributed by atoms with Gasteiger partial charge in [-0.15, -0.1) is 0 Å². The molecule has 1 unspecified atom stereocenters. The second-order valence-electron chi connectivity index (χ2n) is 6.71. The van der Waals surface area contributed by atoms with Crippen molar-refractivity contribution in [2.45, 2.75) is 25.2 Å². The van der Waals surface area contributed by atoms with Gasteiger partial charge in [-0.05, 0) is 29.8 Å². The van der Waals surface area contributed by atoms with Crippen molar-refractivity contribution in [1.29, 1.82) is 0 Å². The first kappa shape index (κ1) is 23.0. The first-order valence-corrected chi connectivity index (χ1v) is 9.45. The van der Waals surface area contributed by atoms with Crippen LogP contribution >= 0.6 is 0 Å². The molecule has 32 heavy (non-hydrogen) atoms. The molecular formula is C22H21F2NO7. The van der Waals surface area contributed by atoms with Crippen LogP contribution in [0.3, 0.4) is 0 Å². The van der Waals surface area contributed by atoms with E-state index in [9.17, 15) is 18.4 Å². The summed E-state index contributed by atoms with van der Waals surface area (Å²) in [5.41, 5.74) is 2.39. The highest BCUT2D eigenvalue weighted by molar-refractivity contribution is 5.91. The molecule has 1 aliphatic rings. The Bertz CT molecular complexity index is 997. The van der Waals surface area contributed by atoms with Crippen molar-refractivity contribution in [3.05, 3.63) is 65.7 Å². The van der Waals surface area contributed by atoms with Gasteiger partial charge in [0.25, 0.3) is 0 Å². The van der Waals surface area contributed by atoms with Crippen molar-refractivity contribution < 1.29 is 42.2 Å². The Morgan fingerprint density at radius 3 is 2.47 bits per heavy atom. The van der Waals surface area contributed by atoms with E-state index in [1.54, 1.807) is 0 Å².